The second kappa shape index (κ2) is 6.61. The largest absolute Gasteiger partial charge is 0.497 e. The van der Waals surface area contributed by atoms with Crippen LogP contribution in [-0.2, 0) is 4.74 Å². The van der Waals surface area contributed by atoms with Crippen molar-refractivity contribution in [1.29, 1.82) is 0 Å². The van der Waals surface area contributed by atoms with E-state index in [2.05, 4.69) is 19.2 Å². The Morgan fingerprint density at radius 2 is 1.83 bits per heavy atom. The van der Waals surface area contributed by atoms with Gasteiger partial charge < -0.3 is 19.9 Å². The van der Waals surface area contributed by atoms with E-state index >= 15 is 0 Å². The van der Waals surface area contributed by atoms with Crippen molar-refractivity contribution < 1.29 is 14.6 Å². The quantitative estimate of drug-likeness (QED) is 0.781. The normalized spacial score (nSPS) is 14.3. The fourth-order valence-corrected chi connectivity index (χ4v) is 1.83. The fourth-order valence-electron chi connectivity index (χ4n) is 1.83. The van der Waals surface area contributed by atoms with Crippen molar-refractivity contribution in [1.82, 2.24) is 0 Å². The van der Waals surface area contributed by atoms with Gasteiger partial charge in [-0.2, -0.15) is 0 Å². The second-order valence-corrected chi connectivity index (χ2v) is 4.76. The van der Waals surface area contributed by atoms with Crippen LogP contribution in [0.5, 0.6) is 5.75 Å². The number of hydrogen-bond donors (Lipinski definition) is 2. The maximum atomic E-state index is 9.67. The van der Waals surface area contributed by atoms with E-state index in [1.165, 1.54) is 0 Å². The lowest BCUT2D eigenvalue weighted by Crippen LogP contribution is -2.51. The van der Waals surface area contributed by atoms with Gasteiger partial charge in [0.05, 0.1) is 25.9 Å². The Hall–Kier alpha value is -1.26. The Kier molecular flexibility index (Phi) is 5.44. The third-order valence-corrected chi connectivity index (χ3v) is 3.27. The van der Waals surface area contributed by atoms with Gasteiger partial charge in [0.25, 0.3) is 0 Å². The van der Waals surface area contributed by atoms with Gasteiger partial charge in [-0.25, -0.2) is 0 Å². The van der Waals surface area contributed by atoms with E-state index in [-0.39, 0.29) is 12.5 Å². The molecule has 0 saturated carbocycles. The van der Waals surface area contributed by atoms with E-state index in [1.54, 1.807) is 14.2 Å². The summed E-state index contributed by atoms with van der Waals surface area (Å²) in [5.74, 6) is 1.05. The van der Waals surface area contributed by atoms with Gasteiger partial charge in [0.2, 0.25) is 0 Å². The first-order chi connectivity index (χ1) is 8.57. The number of aliphatic hydroxyl groups is 1. The molecule has 0 radical (unpaired) electrons. The summed E-state index contributed by atoms with van der Waals surface area (Å²) < 4.78 is 10.3. The van der Waals surface area contributed by atoms with Crippen LogP contribution in [0.1, 0.15) is 13.8 Å². The minimum Gasteiger partial charge on any atom is -0.497 e. The Morgan fingerprint density at radius 3 is 2.22 bits per heavy atom. The molecule has 0 aliphatic rings. The summed E-state index contributed by atoms with van der Waals surface area (Å²) in [4.78, 5) is 0. The fraction of sp³-hybridized carbons (Fsp3) is 0.571. The van der Waals surface area contributed by atoms with E-state index < -0.39 is 5.54 Å². The third kappa shape index (κ3) is 3.37. The summed E-state index contributed by atoms with van der Waals surface area (Å²) in [5, 5.41) is 13.0. The van der Waals surface area contributed by atoms with E-state index in [9.17, 15) is 5.11 Å². The average Bonchev–Trinajstić information content (AvgIpc) is 2.38. The molecular formula is C14H23NO3. The number of nitrogens with one attached hydrogen (secondary N) is 1. The molecule has 1 aromatic rings. The second-order valence-electron chi connectivity index (χ2n) is 4.76. The molecule has 4 nitrogen and oxygen atoms in total. The minimum atomic E-state index is -0.469. The summed E-state index contributed by atoms with van der Waals surface area (Å²) >= 11 is 0. The molecule has 4 heteroatoms. The first kappa shape index (κ1) is 14.8. The lowest BCUT2D eigenvalue weighted by atomic mass is 9.87. The van der Waals surface area contributed by atoms with Crippen LogP contribution in [0.25, 0.3) is 0 Å². The highest BCUT2D eigenvalue weighted by Crippen LogP contribution is 2.25. The maximum absolute atomic E-state index is 9.67. The zero-order valence-electron chi connectivity index (χ0n) is 11.6. The number of aliphatic hydroxyl groups excluding tert-OH is 1. The highest BCUT2D eigenvalue weighted by molar-refractivity contribution is 5.48. The highest BCUT2D eigenvalue weighted by atomic mass is 16.5. The standard InChI is InChI=1S/C14H23NO3/c1-11(2)14(9-16,10-17-3)15-12-5-7-13(18-4)8-6-12/h5-8,11,15-16H,9-10H2,1-4H3. The summed E-state index contributed by atoms with van der Waals surface area (Å²) in [6, 6.07) is 7.64. The van der Waals surface area contributed by atoms with Crippen LogP contribution in [0.3, 0.4) is 0 Å². The summed E-state index contributed by atoms with van der Waals surface area (Å²) in [6.07, 6.45) is 0. The van der Waals surface area contributed by atoms with Crippen LogP contribution in [-0.4, -0.2) is 38.1 Å². The van der Waals surface area contributed by atoms with Gasteiger partial charge in [-0.3, -0.25) is 0 Å². The predicted octanol–water partition coefficient (Wildman–Crippen LogP) is 2.14. The maximum Gasteiger partial charge on any atom is 0.119 e. The molecule has 1 atom stereocenters. The van der Waals surface area contributed by atoms with Crippen LogP contribution in [0.2, 0.25) is 0 Å². The highest BCUT2D eigenvalue weighted by Gasteiger charge is 2.33. The Bertz CT molecular complexity index is 351. The Labute approximate surface area is 109 Å². The number of methoxy groups -OCH3 is 2. The molecule has 1 aromatic carbocycles. The van der Waals surface area contributed by atoms with Crippen molar-refractivity contribution in [2.24, 2.45) is 5.92 Å². The molecule has 0 fully saturated rings. The number of benzene rings is 1. The first-order valence-electron chi connectivity index (χ1n) is 6.10. The molecule has 1 unspecified atom stereocenters. The zero-order chi connectivity index (χ0) is 13.6. The predicted molar refractivity (Wildman–Crippen MR) is 73.1 cm³/mol. The van der Waals surface area contributed by atoms with Crippen molar-refractivity contribution in [3.8, 4) is 5.75 Å². The molecule has 102 valence electrons. The van der Waals surface area contributed by atoms with Gasteiger partial charge in [-0.15, -0.1) is 0 Å². The lowest BCUT2D eigenvalue weighted by molar-refractivity contribution is 0.0724. The van der Waals surface area contributed by atoms with Gasteiger partial charge in [0.15, 0.2) is 0 Å². The van der Waals surface area contributed by atoms with Crippen molar-refractivity contribution in [3.05, 3.63) is 24.3 Å². The van der Waals surface area contributed by atoms with E-state index in [1.807, 2.05) is 24.3 Å². The topological polar surface area (TPSA) is 50.7 Å². The van der Waals surface area contributed by atoms with Crippen LogP contribution >= 0.6 is 0 Å². The molecule has 0 aromatic heterocycles. The number of rotatable bonds is 7. The Balaban J connectivity index is 2.87. The number of anilines is 1. The minimum absolute atomic E-state index is 0.0184. The molecular weight excluding hydrogens is 230 g/mol. The van der Waals surface area contributed by atoms with Crippen LogP contribution in [0.15, 0.2) is 24.3 Å². The molecule has 2 N–H and O–H groups in total. The molecule has 0 amide bonds. The number of ether oxygens (including phenoxy) is 2. The van der Waals surface area contributed by atoms with Gasteiger partial charge >= 0.3 is 0 Å². The molecule has 0 aliphatic carbocycles. The summed E-state index contributed by atoms with van der Waals surface area (Å²) in [5.41, 5.74) is 0.471. The summed E-state index contributed by atoms with van der Waals surface area (Å²) in [7, 11) is 3.28. The van der Waals surface area contributed by atoms with Gasteiger partial charge in [-0.1, -0.05) is 13.8 Å². The van der Waals surface area contributed by atoms with Gasteiger partial charge in [0, 0.05) is 12.8 Å². The molecule has 0 heterocycles. The van der Waals surface area contributed by atoms with Crippen molar-refractivity contribution in [2.45, 2.75) is 19.4 Å². The van der Waals surface area contributed by atoms with Crippen molar-refractivity contribution in [3.63, 3.8) is 0 Å². The van der Waals surface area contributed by atoms with Crippen molar-refractivity contribution >= 4 is 5.69 Å². The van der Waals surface area contributed by atoms with Crippen LogP contribution in [0, 0.1) is 5.92 Å². The summed E-state index contributed by atoms with van der Waals surface area (Å²) in [6.45, 7) is 4.59. The smallest absolute Gasteiger partial charge is 0.119 e. The molecule has 0 saturated heterocycles. The molecule has 0 bridgehead atoms. The van der Waals surface area contributed by atoms with Gasteiger partial charge in [0.1, 0.15) is 5.75 Å². The molecule has 0 aliphatic heterocycles. The van der Waals surface area contributed by atoms with Crippen LogP contribution in [0.4, 0.5) is 5.69 Å². The average molecular weight is 253 g/mol. The zero-order valence-corrected chi connectivity index (χ0v) is 11.6. The lowest BCUT2D eigenvalue weighted by Gasteiger charge is -2.37. The first-order valence-corrected chi connectivity index (χ1v) is 6.10. The SMILES string of the molecule is COCC(CO)(Nc1ccc(OC)cc1)C(C)C. The van der Waals surface area contributed by atoms with Crippen LogP contribution < -0.4 is 10.1 Å². The molecule has 1 rings (SSSR count). The molecule has 18 heavy (non-hydrogen) atoms. The monoisotopic (exact) mass is 253 g/mol. The Morgan fingerprint density at radius 1 is 1.22 bits per heavy atom. The van der Waals surface area contributed by atoms with Crippen molar-refractivity contribution in [2.75, 3.05) is 32.8 Å². The van der Waals surface area contributed by atoms with E-state index in [0.29, 0.717) is 6.61 Å². The third-order valence-electron chi connectivity index (χ3n) is 3.27. The van der Waals surface area contributed by atoms with Gasteiger partial charge in [-0.05, 0) is 30.2 Å². The molecule has 0 spiro atoms. The van der Waals surface area contributed by atoms with E-state index in [0.717, 1.165) is 11.4 Å². The van der Waals surface area contributed by atoms with E-state index in [4.69, 9.17) is 9.47 Å². The number of hydrogen-bond acceptors (Lipinski definition) is 4.